The monoisotopic (exact) mass is 210 g/mol. The number of carbonyl (C=O) groups excluding carboxylic acids is 1. The van der Waals surface area contributed by atoms with Crippen LogP contribution in [0.3, 0.4) is 0 Å². The van der Waals surface area contributed by atoms with Crippen LogP contribution in [-0.4, -0.2) is 23.8 Å². The third-order valence-electron chi connectivity index (χ3n) is 3.89. The fraction of sp³-hybridized carbons (Fsp3) is 0.750. The van der Waals surface area contributed by atoms with Crippen molar-refractivity contribution in [3.63, 3.8) is 0 Å². The maximum Gasteiger partial charge on any atom is 0.315 e. The van der Waals surface area contributed by atoms with E-state index in [-0.39, 0.29) is 5.97 Å². The average Bonchev–Trinajstić information content (AvgIpc) is 2.20. The number of fused-ring (bicyclic) bond motifs is 3. The molecule has 0 spiro atoms. The molecule has 3 aliphatic carbocycles. The lowest BCUT2D eigenvalue weighted by molar-refractivity contribution is -0.171. The highest BCUT2D eigenvalue weighted by molar-refractivity contribution is 5.79. The van der Waals surface area contributed by atoms with Gasteiger partial charge in [-0.3, -0.25) is 4.79 Å². The van der Waals surface area contributed by atoms with E-state index in [2.05, 4.69) is 6.58 Å². The minimum absolute atomic E-state index is 0.239. The largest absolute Gasteiger partial charge is 0.465 e. The van der Waals surface area contributed by atoms with Crippen molar-refractivity contribution in [1.29, 1.82) is 0 Å². The smallest absolute Gasteiger partial charge is 0.315 e. The summed E-state index contributed by atoms with van der Waals surface area (Å²) in [6.45, 7) is 6.17. The standard InChI is InChI=1S/C12H18O3/c1-3-15-11(14)12-5-4-9(6-10(12)13)8(2)7-12/h9-10,13H,2-7H2,1H3/t9-,10-,12+/m0/s1. The van der Waals surface area contributed by atoms with Crippen LogP contribution < -0.4 is 0 Å². The molecule has 3 saturated carbocycles. The fourth-order valence-electron chi connectivity index (χ4n) is 2.92. The molecule has 3 aliphatic rings. The summed E-state index contributed by atoms with van der Waals surface area (Å²) in [4.78, 5) is 11.9. The van der Waals surface area contributed by atoms with E-state index in [9.17, 15) is 9.90 Å². The van der Waals surface area contributed by atoms with Crippen molar-refractivity contribution in [1.82, 2.24) is 0 Å². The number of aliphatic hydroxyl groups excluding tert-OH is 1. The van der Waals surface area contributed by atoms with Crippen molar-refractivity contribution in [3.05, 3.63) is 12.2 Å². The average molecular weight is 210 g/mol. The van der Waals surface area contributed by atoms with Crippen LogP contribution in [0.4, 0.5) is 0 Å². The van der Waals surface area contributed by atoms with Crippen LogP contribution >= 0.6 is 0 Å². The van der Waals surface area contributed by atoms with Gasteiger partial charge in [-0.15, -0.1) is 0 Å². The highest BCUT2D eigenvalue weighted by Crippen LogP contribution is 2.52. The van der Waals surface area contributed by atoms with Gasteiger partial charge in [0.1, 0.15) is 0 Å². The summed E-state index contributed by atoms with van der Waals surface area (Å²) in [5.41, 5.74) is 0.432. The van der Waals surface area contributed by atoms with Gasteiger partial charge in [-0.2, -0.15) is 0 Å². The molecule has 0 aliphatic heterocycles. The van der Waals surface area contributed by atoms with Crippen LogP contribution in [-0.2, 0) is 9.53 Å². The third-order valence-corrected chi connectivity index (χ3v) is 3.89. The van der Waals surface area contributed by atoms with Gasteiger partial charge in [0.05, 0.1) is 18.1 Å². The summed E-state index contributed by atoms with van der Waals surface area (Å²) in [7, 11) is 0. The summed E-state index contributed by atoms with van der Waals surface area (Å²) < 4.78 is 5.08. The van der Waals surface area contributed by atoms with Crippen LogP contribution in [0.5, 0.6) is 0 Å². The van der Waals surface area contributed by atoms with E-state index in [4.69, 9.17) is 4.74 Å². The molecule has 3 fully saturated rings. The van der Waals surface area contributed by atoms with Crippen molar-refractivity contribution in [2.75, 3.05) is 6.61 Å². The molecule has 3 nitrogen and oxygen atoms in total. The lowest BCUT2D eigenvalue weighted by Crippen LogP contribution is -2.52. The maximum atomic E-state index is 11.9. The SMILES string of the molecule is C=C1C[C@]2(C(=O)OCC)CC[C@H]1C[C@@H]2O. The second-order valence-corrected chi connectivity index (χ2v) is 4.70. The van der Waals surface area contributed by atoms with E-state index in [0.29, 0.717) is 25.4 Å². The molecule has 0 amide bonds. The first-order valence-electron chi connectivity index (χ1n) is 5.63. The minimum Gasteiger partial charge on any atom is -0.465 e. The van der Waals surface area contributed by atoms with Gasteiger partial charge in [0.25, 0.3) is 0 Å². The zero-order valence-corrected chi connectivity index (χ0v) is 9.16. The molecular weight excluding hydrogens is 192 g/mol. The predicted octanol–water partition coefficient (Wildman–Crippen LogP) is 1.66. The van der Waals surface area contributed by atoms with Gasteiger partial charge < -0.3 is 9.84 Å². The van der Waals surface area contributed by atoms with Gasteiger partial charge >= 0.3 is 5.97 Å². The molecule has 0 unspecified atom stereocenters. The Bertz CT molecular complexity index is 297. The summed E-state index contributed by atoms with van der Waals surface area (Å²) in [5, 5.41) is 10.0. The number of rotatable bonds is 2. The number of hydrogen-bond donors (Lipinski definition) is 1. The molecule has 1 N–H and O–H groups in total. The van der Waals surface area contributed by atoms with Gasteiger partial charge in [0.15, 0.2) is 0 Å². The minimum atomic E-state index is -0.679. The van der Waals surface area contributed by atoms with Crippen LogP contribution in [0.25, 0.3) is 0 Å². The number of ether oxygens (including phenoxy) is 1. The molecule has 2 bridgehead atoms. The first-order valence-corrected chi connectivity index (χ1v) is 5.63. The number of aliphatic hydroxyl groups is 1. The van der Waals surface area contributed by atoms with Gasteiger partial charge in [-0.05, 0) is 38.5 Å². The predicted molar refractivity (Wildman–Crippen MR) is 56.2 cm³/mol. The van der Waals surface area contributed by atoms with E-state index < -0.39 is 11.5 Å². The Balaban J connectivity index is 2.23. The summed E-state index contributed by atoms with van der Waals surface area (Å²) in [6.07, 6.45) is 2.46. The summed E-state index contributed by atoms with van der Waals surface area (Å²) >= 11 is 0. The Morgan fingerprint density at radius 3 is 3.00 bits per heavy atom. The van der Waals surface area contributed by atoms with Crippen LogP contribution in [0.2, 0.25) is 0 Å². The Labute approximate surface area is 90.1 Å². The maximum absolute atomic E-state index is 11.9. The quantitative estimate of drug-likeness (QED) is 0.557. The van der Waals surface area contributed by atoms with Crippen LogP contribution in [0.1, 0.15) is 32.6 Å². The van der Waals surface area contributed by atoms with Gasteiger partial charge in [-0.25, -0.2) is 0 Å². The van der Waals surface area contributed by atoms with Crippen LogP contribution in [0, 0.1) is 11.3 Å². The number of hydrogen-bond acceptors (Lipinski definition) is 3. The fourth-order valence-corrected chi connectivity index (χ4v) is 2.92. The first kappa shape index (κ1) is 10.7. The van der Waals surface area contributed by atoms with Gasteiger partial charge in [-0.1, -0.05) is 12.2 Å². The number of allylic oxidation sites excluding steroid dienone is 1. The highest BCUT2D eigenvalue weighted by Gasteiger charge is 2.54. The summed E-state index contributed by atoms with van der Waals surface area (Å²) in [6, 6.07) is 0. The molecule has 3 rings (SSSR count). The molecule has 0 aromatic carbocycles. The molecule has 3 atom stereocenters. The number of carbonyl (C=O) groups is 1. The van der Waals surface area contributed by atoms with E-state index in [1.807, 2.05) is 0 Å². The molecule has 0 heterocycles. The lowest BCUT2D eigenvalue weighted by atomic mass is 9.57. The molecular formula is C12H18O3. The van der Waals surface area contributed by atoms with Crippen molar-refractivity contribution >= 4 is 5.97 Å². The topological polar surface area (TPSA) is 46.5 Å². The van der Waals surface area contributed by atoms with Crippen molar-refractivity contribution in [2.24, 2.45) is 11.3 Å². The van der Waals surface area contributed by atoms with E-state index in [1.165, 1.54) is 0 Å². The highest BCUT2D eigenvalue weighted by atomic mass is 16.5. The zero-order chi connectivity index (χ0) is 11.1. The second-order valence-electron chi connectivity index (χ2n) is 4.70. The number of esters is 1. The zero-order valence-electron chi connectivity index (χ0n) is 9.16. The Morgan fingerprint density at radius 2 is 2.47 bits per heavy atom. The van der Waals surface area contributed by atoms with Gasteiger partial charge in [0, 0.05) is 0 Å². The Kier molecular flexibility index (Phi) is 2.59. The normalized spacial score (nSPS) is 39.2. The molecule has 0 saturated heterocycles. The third kappa shape index (κ3) is 1.49. The second kappa shape index (κ2) is 3.63. The van der Waals surface area contributed by atoms with Crippen molar-refractivity contribution in [3.8, 4) is 0 Å². The first-order chi connectivity index (χ1) is 7.10. The van der Waals surface area contributed by atoms with Crippen LogP contribution in [0.15, 0.2) is 12.2 Å². The van der Waals surface area contributed by atoms with Gasteiger partial charge in [0.2, 0.25) is 0 Å². The molecule has 0 aromatic rings. The molecule has 3 heteroatoms. The Morgan fingerprint density at radius 1 is 1.73 bits per heavy atom. The van der Waals surface area contributed by atoms with Crippen molar-refractivity contribution < 1.29 is 14.6 Å². The molecule has 0 radical (unpaired) electrons. The summed E-state index contributed by atoms with van der Waals surface area (Å²) in [5.74, 6) is 0.174. The van der Waals surface area contributed by atoms with E-state index in [1.54, 1.807) is 6.92 Å². The van der Waals surface area contributed by atoms with Crippen molar-refractivity contribution in [2.45, 2.75) is 38.7 Å². The molecule has 15 heavy (non-hydrogen) atoms. The lowest BCUT2D eigenvalue weighted by Gasteiger charge is -2.48. The Hall–Kier alpha value is -0.830. The van der Waals surface area contributed by atoms with E-state index >= 15 is 0 Å². The molecule has 84 valence electrons. The molecule has 0 aromatic heterocycles. The van der Waals surface area contributed by atoms with E-state index in [0.717, 1.165) is 18.4 Å².